The molecule has 5 aliphatic carbocycles. The van der Waals surface area contributed by atoms with Gasteiger partial charge < -0.3 is 4.42 Å². The average molecular weight is 705 g/mol. The third-order valence-electron chi connectivity index (χ3n) is 14.7. The molecule has 0 atom stereocenters. The van der Waals surface area contributed by atoms with E-state index in [-0.39, 0.29) is 5.41 Å². The first-order valence-corrected chi connectivity index (χ1v) is 20.4. The van der Waals surface area contributed by atoms with Crippen molar-refractivity contribution in [3.63, 3.8) is 0 Å². The molecule has 4 saturated carbocycles. The molecule has 1 aromatic heterocycles. The normalized spacial score (nSPS) is 23.3. The topological polar surface area (TPSA) is 13.1 Å². The van der Waals surface area contributed by atoms with Gasteiger partial charge in [0, 0.05) is 16.2 Å². The highest BCUT2D eigenvalue weighted by atomic mass is 16.3. The van der Waals surface area contributed by atoms with Crippen LogP contribution in [0.25, 0.3) is 88.0 Å². The zero-order chi connectivity index (χ0) is 35.8. The standard InChI is InChI=1S/C54H40O/c1-3-13-46-44(11-1)52(45-12-2-4-14-47(45)53(46)37-22-24-43-42-10-6-8-16-50(42)55-51(43)31-37)35-19-17-34(18-20-35)36-21-23-41-40-9-5-7-15-48(40)54(49(41)30-36)38-26-32-25-33(28-38)29-39(54)27-32/h1-24,30-33,38-39H,25-29H2. The van der Waals surface area contributed by atoms with Crippen molar-refractivity contribution in [2.45, 2.75) is 37.5 Å². The Bertz CT molecular complexity index is 2960. The van der Waals surface area contributed by atoms with Gasteiger partial charge in [0.15, 0.2) is 0 Å². The molecule has 5 aliphatic rings. The third kappa shape index (κ3) is 4.09. The van der Waals surface area contributed by atoms with Gasteiger partial charge in [-0.1, -0.05) is 133 Å². The van der Waals surface area contributed by atoms with E-state index in [1.807, 2.05) is 6.07 Å². The van der Waals surface area contributed by atoms with E-state index in [1.165, 1.54) is 98.2 Å². The number of furan rings is 1. The van der Waals surface area contributed by atoms with Crippen LogP contribution in [0, 0.1) is 23.7 Å². The first kappa shape index (κ1) is 30.4. The number of hydrogen-bond donors (Lipinski definition) is 0. The van der Waals surface area contributed by atoms with E-state index < -0.39 is 0 Å². The van der Waals surface area contributed by atoms with Crippen LogP contribution in [0.3, 0.4) is 0 Å². The lowest BCUT2D eigenvalue weighted by Crippen LogP contribution is -2.55. The van der Waals surface area contributed by atoms with Crippen molar-refractivity contribution in [3.05, 3.63) is 169 Å². The van der Waals surface area contributed by atoms with Gasteiger partial charge in [-0.25, -0.2) is 0 Å². The molecule has 14 rings (SSSR count). The Hall–Kier alpha value is -5.92. The molecule has 1 heteroatoms. The molecular weight excluding hydrogens is 665 g/mol. The van der Waals surface area contributed by atoms with Crippen molar-refractivity contribution in [2.24, 2.45) is 23.7 Å². The van der Waals surface area contributed by atoms with E-state index in [2.05, 4.69) is 152 Å². The molecule has 1 spiro atoms. The van der Waals surface area contributed by atoms with Gasteiger partial charge in [0.1, 0.15) is 11.2 Å². The maximum atomic E-state index is 6.38. The maximum Gasteiger partial charge on any atom is 0.136 e. The number of fused-ring (bicyclic) bond motifs is 8. The summed E-state index contributed by atoms with van der Waals surface area (Å²) < 4.78 is 6.38. The molecule has 4 fully saturated rings. The summed E-state index contributed by atoms with van der Waals surface area (Å²) in [5.41, 5.74) is 15.9. The van der Waals surface area contributed by atoms with Crippen LogP contribution in [0.4, 0.5) is 0 Å². The van der Waals surface area contributed by atoms with E-state index in [1.54, 1.807) is 11.1 Å². The second-order valence-electron chi connectivity index (χ2n) is 17.2. The molecule has 0 radical (unpaired) electrons. The van der Waals surface area contributed by atoms with Crippen molar-refractivity contribution < 1.29 is 4.42 Å². The number of para-hydroxylation sites is 1. The van der Waals surface area contributed by atoms with Gasteiger partial charge in [-0.05, 0) is 157 Å². The summed E-state index contributed by atoms with van der Waals surface area (Å²) in [5, 5.41) is 7.38. The van der Waals surface area contributed by atoms with Gasteiger partial charge in [-0.3, -0.25) is 0 Å². The minimum atomic E-state index is 0.184. The van der Waals surface area contributed by atoms with Crippen molar-refractivity contribution in [1.82, 2.24) is 0 Å². The van der Waals surface area contributed by atoms with E-state index in [0.717, 1.165) is 45.6 Å². The van der Waals surface area contributed by atoms with Gasteiger partial charge in [0.25, 0.3) is 0 Å². The molecule has 0 unspecified atom stereocenters. The predicted octanol–water partition coefficient (Wildman–Crippen LogP) is 14.6. The van der Waals surface area contributed by atoms with E-state index in [0.29, 0.717) is 0 Å². The molecular formula is C54H40O. The SMILES string of the molecule is c1ccc2c(c1)-c1ccc(-c3ccc(-c4c5ccccc5c(-c5ccc6c(c5)oc5ccccc56)c5ccccc45)cc3)cc1C21C2CC3CC(C2)CC1C3. The fourth-order valence-corrected chi connectivity index (χ4v) is 12.8. The molecule has 0 amide bonds. The summed E-state index contributed by atoms with van der Waals surface area (Å²) in [6.07, 6.45) is 7.13. The van der Waals surface area contributed by atoms with Crippen molar-refractivity contribution in [3.8, 4) is 44.5 Å². The van der Waals surface area contributed by atoms with Crippen LogP contribution in [-0.2, 0) is 5.41 Å². The predicted molar refractivity (Wildman–Crippen MR) is 228 cm³/mol. The van der Waals surface area contributed by atoms with Gasteiger partial charge in [0.05, 0.1) is 0 Å². The van der Waals surface area contributed by atoms with Crippen LogP contribution in [0.15, 0.2) is 162 Å². The van der Waals surface area contributed by atoms with E-state index >= 15 is 0 Å². The Morgan fingerprint density at radius 2 is 0.873 bits per heavy atom. The van der Waals surface area contributed by atoms with E-state index in [9.17, 15) is 0 Å². The Balaban J connectivity index is 0.944. The Morgan fingerprint density at radius 1 is 0.364 bits per heavy atom. The number of rotatable bonds is 3. The highest BCUT2D eigenvalue weighted by Gasteiger charge is 2.61. The molecule has 0 N–H and O–H groups in total. The summed E-state index contributed by atoms with van der Waals surface area (Å²) in [5.74, 6) is 3.44. The molecule has 9 aromatic rings. The second-order valence-corrected chi connectivity index (χ2v) is 17.2. The van der Waals surface area contributed by atoms with Gasteiger partial charge >= 0.3 is 0 Å². The van der Waals surface area contributed by atoms with Crippen LogP contribution in [0.2, 0.25) is 0 Å². The maximum absolute atomic E-state index is 6.38. The average Bonchev–Trinajstić information content (AvgIpc) is 3.75. The first-order valence-electron chi connectivity index (χ1n) is 20.4. The van der Waals surface area contributed by atoms with Crippen LogP contribution >= 0.6 is 0 Å². The van der Waals surface area contributed by atoms with E-state index in [4.69, 9.17) is 4.42 Å². The fourth-order valence-electron chi connectivity index (χ4n) is 12.8. The first-order chi connectivity index (χ1) is 27.2. The summed E-state index contributed by atoms with van der Waals surface area (Å²) >= 11 is 0. The van der Waals surface area contributed by atoms with Crippen LogP contribution in [0.1, 0.15) is 43.2 Å². The molecule has 55 heavy (non-hydrogen) atoms. The van der Waals surface area contributed by atoms with Crippen LogP contribution in [0.5, 0.6) is 0 Å². The summed E-state index contributed by atoms with van der Waals surface area (Å²) in [4.78, 5) is 0. The molecule has 262 valence electrons. The van der Waals surface area contributed by atoms with Gasteiger partial charge in [-0.2, -0.15) is 0 Å². The highest BCUT2D eigenvalue weighted by Crippen LogP contribution is 2.69. The minimum Gasteiger partial charge on any atom is -0.456 e. The zero-order valence-corrected chi connectivity index (χ0v) is 30.8. The molecule has 1 nitrogen and oxygen atoms in total. The number of hydrogen-bond acceptors (Lipinski definition) is 1. The smallest absolute Gasteiger partial charge is 0.136 e. The molecule has 1 heterocycles. The lowest BCUT2D eigenvalue weighted by Gasteiger charge is -2.61. The Morgan fingerprint density at radius 3 is 1.56 bits per heavy atom. The van der Waals surface area contributed by atoms with Crippen LogP contribution in [-0.4, -0.2) is 0 Å². The lowest BCUT2D eigenvalue weighted by atomic mass is 9.43. The summed E-state index contributed by atoms with van der Waals surface area (Å²) in [7, 11) is 0. The monoisotopic (exact) mass is 704 g/mol. The van der Waals surface area contributed by atoms with Crippen LogP contribution < -0.4 is 0 Å². The molecule has 4 bridgehead atoms. The fraction of sp³-hybridized carbons (Fsp3) is 0.185. The van der Waals surface area contributed by atoms with Crippen molar-refractivity contribution in [2.75, 3.05) is 0 Å². The molecule has 8 aromatic carbocycles. The van der Waals surface area contributed by atoms with Crippen molar-refractivity contribution >= 4 is 43.5 Å². The third-order valence-corrected chi connectivity index (χ3v) is 14.7. The molecule has 0 saturated heterocycles. The van der Waals surface area contributed by atoms with Gasteiger partial charge in [-0.15, -0.1) is 0 Å². The minimum absolute atomic E-state index is 0.184. The quantitative estimate of drug-likeness (QED) is 0.167. The Labute approximate surface area is 321 Å². The highest BCUT2D eigenvalue weighted by molar-refractivity contribution is 6.22. The largest absolute Gasteiger partial charge is 0.456 e. The Kier molecular flexibility index (Phi) is 6.13. The summed E-state index contributed by atoms with van der Waals surface area (Å²) in [6, 6.07) is 59.4. The lowest BCUT2D eigenvalue weighted by molar-refractivity contribution is -0.0399. The number of benzene rings is 8. The van der Waals surface area contributed by atoms with Gasteiger partial charge in [0.2, 0.25) is 0 Å². The second kappa shape index (κ2) is 11.1. The summed E-state index contributed by atoms with van der Waals surface area (Å²) in [6.45, 7) is 0. The zero-order valence-electron chi connectivity index (χ0n) is 30.8. The molecule has 0 aliphatic heterocycles. The van der Waals surface area contributed by atoms with Crippen molar-refractivity contribution in [1.29, 1.82) is 0 Å².